The van der Waals surface area contributed by atoms with Crippen molar-refractivity contribution < 1.29 is 14.7 Å². The maximum Gasteiger partial charge on any atom is 0.266 e. The van der Waals surface area contributed by atoms with Gasteiger partial charge in [-0.1, -0.05) is 29.8 Å². The van der Waals surface area contributed by atoms with Gasteiger partial charge in [0.25, 0.3) is 5.91 Å². The number of nitrogens with one attached hydrogen (secondary N) is 2. The molecule has 5 nitrogen and oxygen atoms in total. The van der Waals surface area contributed by atoms with Crippen LogP contribution in [0.25, 0.3) is 0 Å². The number of carbonyl (C=O) groups excluding carboxylic acids is 2. The van der Waals surface area contributed by atoms with E-state index in [0.29, 0.717) is 11.3 Å². The van der Waals surface area contributed by atoms with Crippen molar-refractivity contribution in [2.75, 3.05) is 10.6 Å². The zero-order valence-corrected chi connectivity index (χ0v) is 16.4. The third kappa shape index (κ3) is 3.39. The van der Waals surface area contributed by atoms with E-state index >= 15 is 0 Å². The van der Waals surface area contributed by atoms with Gasteiger partial charge in [-0.15, -0.1) is 11.3 Å². The number of hydrogen-bond acceptors (Lipinski definition) is 4. The van der Waals surface area contributed by atoms with Crippen LogP contribution >= 0.6 is 11.3 Å². The molecule has 0 saturated heterocycles. The minimum absolute atomic E-state index is 0.0719. The van der Waals surface area contributed by atoms with Gasteiger partial charge in [0.15, 0.2) is 0 Å². The van der Waals surface area contributed by atoms with Crippen molar-refractivity contribution in [3.05, 3.63) is 75.7 Å². The summed E-state index contributed by atoms with van der Waals surface area (Å²) in [6.45, 7) is 3.92. The van der Waals surface area contributed by atoms with Gasteiger partial charge in [-0.05, 0) is 54.8 Å². The van der Waals surface area contributed by atoms with Crippen molar-refractivity contribution >= 4 is 33.8 Å². The number of aromatic hydroxyl groups is 1. The van der Waals surface area contributed by atoms with Crippen LogP contribution in [0.15, 0.2) is 48.5 Å². The number of anilines is 2. The smallest absolute Gasteiger partial charge is 0.266 e. The van der Waals surface area contributed by atoms with Crippen LogP contribution in [0.4, 0.5) is 10.7 Å². The quantitative estimate of drug-likeness (QED) is 0.599. The Kier molecular flexibility index (Phi) is 4.65. The number of benzene rings is 2. The summed E-state index contributed by atoms with van der Waals surface area (Å²) in [4.78, 5) is 25.7. The molecule has 0 saturated carbocycles. The summed E-state index contributed by atoms with van der Waals surface area (Å²) in [5.41, 5.74) is 4.66. The highest BCUT2D eigenvalue weighted by molar-refractivity contribution is 7.18. The fraction of sp³-hybridized carbons (Fsp3) is 0.182. The Balaban J connectivity index is 1.69. The Morgan fingerprint density at radius 2 is 1.79 bits per heavy atom. The Hall–Kier alpha value is -3.12. The zero-order valence-electron chi connectivity index (χ0n) is 15.6. The van der Waals surface area contributed by atoms with Crippen LogP contribution in [-0.4, -0.2) is 16.9 Å². The van der Waals surface area contributed by atoms with Gasteiger partial charge in [-0.2, -0.15) is 0 Å². The van der Waals surface area contributed by atoms with Crippen molar-refractivity contribution in [2.45, 2.75) is 26.2 Å². The lowest BCUT2D eigenvalue weighted by atomic mass is 9.85. The Bertz CT molecular complexity index is 1050. The first-order valence-corrected chi connectivity index (χ1v) is 9.84. The second kappa shape index (κ2) is 7.13. The molecule has 2 amide bonds. The molecule has 0 unspecified atom stereocenters. The number of fused-ring (bicyclic) bond motifs is 1. The van der Waals surface area contributed by atoms with Gasteiger partial charge < -0.3 is 15.7 Å². The lowest BCUT2D eigenvalue weighted by Gasteiger charge is -2.24. The summed E-state index contributed by atoms with van der Waals surface area (Å²) in [7, 11) is 0. The van der Waals surface area contributed by atoms with Crippen LogP contribution in [0, 0.1) is 13.8 Å². The molecule has 2 heterocycles. The van der Waals surface area contributed by atoms with Crippen LogP contribution in [0.5, 0.6) is 5.75 Å². The van der Waals surface area contributed by atoms with Gasteiger partial charge in [-0.25, -0.2) is 0 Å². The molecule has 3 N–H and O–H groups in total. The van der Waals surface area contributed by atoms with E-state index in [2.05, 4.69) is 10.6 Å². The number of carbonyl (C=O) groups is 2. The third-order valence-corrected chi connectivity index (χ3v) is 6.22. The fourth-order valence-electron chi connectivity index (χ4n) is 3.54. The number of aryl methyl sites for hydroxylation is 1. The molecule has 1 aliphatic heterocycles. The first-order chi connectivity index (χ1) is 13.4. The monoisotopic (exact) mass is 392 g/mol. The van der Waals surface area contributed by atoms with Gasteiger partial charge >= 0.3 is 0 Å². The van der Waals surface area contributed by atoms with Gasteiger partial charge in [-0.3, -0.25) is 9.59 Å². The highest BCUT2D eigenvalue weighted by atomic mass is 32.1. The maximum atomic E-state index is 12.9. The SMILES string of the molecule is Cc1ccc(NC(=O)c2sc3c(c2C)[C@H](c2ccc(O)cc2)CC(=O)N3)cc1. The molecule has 1 atom stereocenters. The predicted molar refractivity (Wildman–Crippen MR) is 111 cm³/mol. The van der Waals surface area contributed by atoms with Crippen molar-refractivity contribution in [1.82, 2.24) is 0 Å². The van der Waals surface area contributed by atoms with Crippen LogP contribution in [0.3, 0.4) is 0 Å². The van der Waals surface area contributed by atoms with E-state index in [1.807, 2.05) is 50.2 Å². The topological polar surface area (TPSA) is 78.4 Å². The zero-order chi connectivity index (χ0) is 19.8. The van der Waals surface area contributed by atoms with Crippen LogP contribution in [0.2, 0.25) is 0 Å². The second-order valence-electron chi connectivity index (χ2n) is 7.02. The number of hydrogen-bond donors (Lipinski definition) is 3. The summed E-state index contributed by atoms with van der Waals surface area (Å²) in [5.74, 6) is -0.206. The Morgan fingerprint density at radius 1 is 1.11 bits per heavy atom. The third-order valence-electron chi connectivity index (χ3n) is 5.00. The molecule has 6 heteroatoms. The van der Waals surface area contributed by atoms with Gasteiger partial charge in [0.05, 0.1) is 9.88 Å². The summed E-state index contributed by atoms with van der Waals surface area (Å²) < 4.78 is 0. The summed E-state index contributed by atoms with van der Waals surface area (Å²) in [6, 6.07) is 14.5. The summed E-state index contributed by atoms with van der Waals surface area (Å²) in [5, 5.41) is 16.1. The minimum atomic E-state index is -0.181. The molecule has 0 spiro atoms. The molecule has 0 aliphatic carbocycles. The van der Waals surface area contributed by atoms with E-state index < -0.39 is 0 Å². The van der Waals surface area contributed by atoms with E-state index in [4.69, 9.17) is 0 Å². The first kappa shape index (κ1) is 18.3. The molecule has 28 heavy (non-hydrogen) atoms. The molecule has 2 aromatic carbocycles. The lowest BCUT2D eigenvalue weighted by Crippen LogP contribution is -2.22. The lowest BCUT2D eigenvalue weighted by molar-refractivity contribution is -0.116. The van der Waals surface area contributed by atoms with E-state index in [1.165, 1.54) is 11.3 Å². The minimum Gasteiger partial charge on any atom is -0.508 e. The van der Waals surface area contributed by atoms with Gasteiger partial charge in [0.1, 0.15) is 5.75 Å². The standard InChI is InChI=1S/C22H20N2O3S/c1-12-3-7-15(8-4-12)23-21(27)20-13(2)19-17(11-18(26)24-22(19)28-20)14-5-9-16(25)10-6-14/h3-10,17,25H,11H2,1-2H3,(H,23,27)(H,24,26)/t17-/m0/s1. The average Bonchev–Trinajstić information content (AvgIpc) is 3.00. The number of thiophene rings is 1. The molecule has 0 fully saturated rings. The van der Waals surface area contributed by atoms with Crippen molar-refractivity contribution in [3.8, 4) is 5.75 Å². The van der Waals surface area contributed by atoms with Crippen LogP contribution < -0.4 is 10.6 Å². The van der Waals surface area contributed by atoms with Crippen LogP contribution in [-0.2, 0) is 4.79 Å². The maximum absolute atomic E-state index is 12.9. The second-order valence-corrected chi connectivity index (χ2v) is 8.04. The largest absolute Gasteiger partial charge is 0.508 e. The molecular formula is C22H20N2O3S. The fourth-order valence-corrected chi connectivity index (χ4v) is 4.72. The van der Waals surface area contributed by atoms with E-state index in [1.54, 1.807) is 12.1 Å². The van der Waals surface area contributed by atoms with Crippen LogP contribution in [0.1, 0.15) is 44.3 Å². The predicted octanol–water partition coefficient (Wildman–Crippen LogP) is 4.80. The number of rotatable bonds is 3. The Labute approximate surface area is 167 Å². The number of phenols is 1. The molecule has 142 valence electrons. The summed E-state index contributed by atoms with van der Waals surface area (Å²) in [6.07, 6.45) is 0.314. The van der Waals surface area contributed by atoms with Gasteiger partial charge in [0.2, 0.25) is 5.91 Å². The first-order valence-electron chi connectivity index (χ1n) is 9.02. The van der Waals surface area contributed by atoms with Crippen molar-refractivity contribution in [3.63, 3.8) is 0 Å². The molecule has 1 aliphatic rings. The van der Waals surface area contributed by atoms with Gasteiger partial charge in [0, 0.05) is 18.0 Å². The summed E-state index contributed by atoms with van der Waals surface area (Å²) >= 11 is 1.30. The highest BCUT2D eigenvalue weighted by Gasteiger charge is 2.32. The Morgan fingerprint density at radius 3 is 2.46 bits per heavy atom. The number of phenolic OH excluding ortho intramolecular Hbond substituents is 1. The molecule has 1 aromatic heterocycles. The normalized spacial score (nSPS) is 15.6. The van der Waals surface area contributed by atoms with Crippen molar-refractivity contribution in [1.29, 1.82) is 0 Å². The average molecular weight is 392 g/mol. The van der Waals surface area contributed by atoms with E-state index in [-0.39, 0.29) is 23.5 Å². The molecular weight excluding hydrogens is 372 g/mol. The van der Waals surface area contributed by atoms with E-state index in [0.717, 1.165) is 32.9 Å². The molecule has 0 radical (unpaired) electrons. The number of amides is 2. The van der Waals surface area contributed by atoms with Crippen molar-refractivity contribution in [2.24, 2.45) is 0 Å². The molecule has 0 bridgehead atoms. The van der Waals surface area contributed by atoms with E-state index in [9.17, 15) is 14.7 Å². The highest BCUT2D eigenvalue weighted by Crippen LogP contribution is 2.45. The molecule has 3 aromatic rings. The molecule has 4 rings (SSSR count).